The highest BCUT2D eigenvalue weighted by atomic mass is 127. The van der Waals surface area contributed by atoms with Crippen LogP contribution in [0, 0.1) is 0 Å². The van der Waals surface area contributed by atoms with Crippen LogP contribution in [0.2, 0.25) is 0 Å². The summed E-state index contributed by atoms with van der Waals surface area (Å²) in [7, 11) is 1.69. The predicted molar refractivity (Wildman–Crippen MR) is 139 cm³/mol. The van der Waals surface area contributed by atoms with E-state index in [0.29, 0.717) is 18.7 Å². The van der Waals surface area contributed by atoms with Crippen molar-refractivity contribution >= 4 is 29.9 Å². The second kappa shape index (κ2) is 13.8. The van der Waals surface area contributed by atoms with E-state index in [1.165, 1.54) is 12.8 Å². The Hall–Kier alpha value is -1.48. The van der Waals surface area contributed by atoms with Crippen molar-refractivity contribution in [2.45, 2.75) is 64.1 Å². The van der Waals surface area contributed by atoms with Gasteiger partial charge in [0.05, 0.1) is 19.8 Å². The first kappa shape index (κ1) is 25.8. The monoisotopic (exact) mass is 542 g/mol. The topological polar surface area (TPSA) is 58.1 Å². The van der Waals surface area contributed by atoms with Crippen molar-refractivity contribution in [3.05, 3.63) is 36.4 Å². The Morgan fingerprint density at radius 2 is 1.97 bits per heavy atom. The molecule has 0 aromatic heterocycles. The molecule has 0 bridgehead atoms. The number of nitrogens with one attached hydrogen (secondary N) is 2. The van der Waals surface area contributed by atoms with Gasteiger partial charge in [-0.3, -0.25) is 4.90 Å². The third-order valence-corrected chi connectivity index (χ3v) is 5.94. The van der Waals surface area contributed by atoms with Crippen molar-refractivity contribution in [3.8, 4) is 11.5 Å². The number of hydrogen-bond donors (Lipinski definition) is 2. The molecule has 2 fully saturated rings. The van der Waals surface area contributed by atoms with Gasteiger partial charge in [0.1, 0.15) is 11.5 Å². The summed E-state index contributed by atoms with van der Waals surface area (Å²) in [6.45, 7) is 10.5. The number of aliphatic imine (C=N–C) groups is 1. The Morgan fingerprint density at radius 1 is 1.23 bits per heavy atom. The quantitative estimate of drug-likeness (QED) is 0.211. The highest BCUT2D eigenvalue weighted by molar-refractivity contribution is 14.0. The summed E-state index contributed by atoms with van der Waals surface area (Å²) in [5.41, 5.74) is 1.10. The maximum Gasteiger partial charge on any atom is 0.191 e. The minimum absolute atomic E-state index is 0. The van der Waals surface area contributed by atoms with Crippen molar-refractivity contribution in [1.29, 1.82) is 0 Å². The van der Waals surface area contributed by atoms with E-state index in [4.69, 9.17) is 14.5 Å². The number of rotatable bonds is 9. The zero-order chi connectivity index (χ0) is 21.2. The summed E-state index contributed by atoms with van der Waals surface area (Å²) in [6, 6.07) is 6.51. The van der Waals surface area contributed by atoms with Crippen LogP contribution in [0.5, 0.6) is 11.5 Å². The molecule has 1 aliphatic heterocycles. The fourth-order valence-electron chi connectivity index (χ4n) is 4.21. The van der Waals surface area contributed by atoms with Gasteiger partial charge < -0.3 is 20.1 Å². The van der Waals surface area contributed by atoms with Crippen LogP contribution >= 0.6 is 24.0 Å². The first-order chi connectivity index (χ1) is 14.7. The standard InChI is InChI=1S/C24H38N4O2.HI/c1-4-14-28-15-12-20(13-16-28)27-24(25-5-2)26-18-19-10-11-22(29-3)17-23(19)30-21-8-6-7-9-21;/h4,10-11,17,20-21H,1,5-9,12-16,18H2,2-3H3,(H2,25,26,27);1H. The molecule has 174 valence electrons. The van der Waals surface area contributed by atoms with Crippen molar-refractivity contribution < 1.29 is 9.47 Å². The van der Waals surface area contributed by atoms with Gasteiger partial charge in [-0.25, -0.2) is 4.99 Å². The minimum Gasteiger partial charge on any atom is -0.497 e. The van der Waals surface area contributed by atoms with Gasteiger partial charge in [-0.05, 0) is 57.6 Å². The van der Waals surface area contributed by atoms with Gasteiger partial charge in [0.25, 0.3) is 0 Å². The lowest BCUT2D eigenvalue weighted by Crippen LogP contribution is -2.48. The molecule has 7 heteroatoms. The zero-order valence-electron chi connectivity index (χ0n) is 19.1. The molecule has 3 rings (SSSR count). The number of methoxy groups -OCH3 is 1. The summed E-state index contributed by atoms with van der Waals surface area (Å²) < 4.78 is 11.7. The molecule has 0 radical (unpaired) electrons. The van der Waals surface area contributed by atoms with E-state index in [2.05, 4.69) is 35.1 Å². The summed E-state index contributed by atoms with van der Waals surface area (Å²) in [5, 5.41) is 7.02. The van der Waals surface area contributed by atoms with Crippen LogP contribution in [-0.2, 0) is 6.54 Å². The van der Waals surface area contributed by atoms with Crippen LogP contribution in [0.25, 0.3) is 0 Å². The van der Waals surface area contributed by atoms with Crippen LogP contribution in [0.1, 0.15) is 51.0 Å². The van der Waals surface area contributed by atoms with Gasteiger partial charge in [-0.1, -0.05) is 6.08 Å². The van der Waals surface area contributed by atoms with Gasteiger partial charge in [-0.15, -0.1) is 30.6 Å². The molecule has 1 saturated heterocycles. The van der Waals surface area contributed by atoms with Gasteiger partial charge in [-0.2, -0.15) is 0 Å². The molecule has 0 spiro atoms. The van der Waals surface area contributed by atoms with Crippen LogP contribution in [-0.4, -0.2) is 56.3 Å². The van der Waals surface area contributed by atoms with Gasteiger partial charge in [0.2, 0.25) is 0 Å². The smallest absolute Gasteiger partial charge is 0.191 e. The third-order valence-electron chi connectivity index (χ3n) is 5.94. The Bertz CT molecular complexity index is 699. The fourth-order valence-corrected chi connectivity index (χ4v) is 4.21. The lowest BCUT2D eigenvalue weighted by atomic mass is 10.1. The first-order valence-electron chi connectivity index (χ1n) is 11.4. The molecule has 31 heavy (non-hydrogen) atoms. The molecule has 1 saturated carbocycles. The number of likely N-dealkylation sites (tertiary alicyclic amines) is 1. The van der Waals surface area contributed by atoms with Crippen LogP contribution in [0.3, 0.4) is 0 Å². The minimum atomic E-state index is 0. The Morgan fingerprint density at radius 3 is 2.61 bits per heavy atom. The summed E-state index contributed by atoms with van der Waals surface area (Å²) in [6.07, 6.45) is 9.31. The van der Waals surface area contributed by atoms with E-state index in [0.717, 1.165) is 74.9 Å². The molecule has 2 N–H and O–H groups in total. The molecule has 0 amide bonds. The fraction of sp³-hybridized carbons (Fsp3) is 0.625. The maximum atomic E-state index is 6.32. The predicted octanol–water partition coefficient (Wildman–Crippen LogP) is 4.34. The number of benzene rings is 1. The van der Waals surface area contributed by atoms with E-state index in [1.807, 2.05) is 18.2 Å². The molecular weight excluding hydrogens is 503 g/mol. The number of halogens is 1. The third kappa shape index (κ3) is 8.18. The van der Waals surface area contributed by atoms with Gasteiger partial charge in [0, 0.05) is 43.9 Å². The second-order valence-electron chi connectivity index (χ2n) is 8.20. The van der Waals surface area contributed by atoms with Crippen molar-refractivity contribution in [2.75, 3.05) is 33.3 Å². The summed E-state index contributed by atoms with van der Waals surface area (Å²) >= 11 is 0. The number of nitrogens with zero attached hydrogens (tertiary/aromatic N) is 2. The molecule has 1 heterocycles. The summed E-state index contributed by atoms with van der Waals surface area (Å²) in [5.74, 6) is 2.60. The van der Waals surface area contributed by atoms with Crippen molar-refractivity contribution in [1.82, 2.24) is 15.5 Å². The zero-order valence-corrected chi connectivity index (χ0v) is 21.4. The molecule has 0 atom stereocenters. The van der Waals surface area contributed by atoms with Crippen molar-refractivity contribution in [2.24, 2.45) is 4.99 Å². The molecule has 0 unspecified atom stereocenters. The normalized spacial score (nSPS) is 18.3. The van der Waals surface area contributed by atoms with E-state index < -0.39 is 0 Å². The molecule has 2 aliphatic rings. The molecule has 1 aliphatic carbocycles. The lowest BCUT2D eigenvalue weighted by molar-refractivity contribution is 0.207. The number of piperidine rings is 1. The molecular formula is C24H39IN4O2. The Balaban J connectivity index is 0.00000341. The van der Waals surface area contributed by atoms with E-state index in [1.54, 1.807) is 7.11 Å². The first-order valence-corrected chi connectivity index (χ1v) is 11.4. The van der Waals surface area contributed by atoms with Crippen LogP contribution in [0.15, 0.2) is 35.8 Å². The number of guanidine groups is 1. The Kier molecular flexibility index (Phi) is 11.5. The van der Waals surface area contributed by atoms with Gasteiger partial charge >= 0.3 is 0 Å². The SMILES string of the molecule is C=CCN1CCC(NC(=NCc2ccc(OC)cc2OC2CCCC2)NCC)CC1.I. The molecule has 6 nitrogen and oxygen atoms in total. The van der Waals surface area contributed by atoms with Crippen molar-refractivity contribution in [3.63, 3.8) is 0 Å². The van der Waals surface area contributed by atoms with Crippen LogP contribution < -0.4 is 20.1 Å². The van der Waals surface area contributed by atoms with E-state index in [-0.39, 0.29) is 24.0 Å². The van der Waals surface area contributed by atoms with Crippen LogP contribution in [0.4, 0.5) is 0 Å². The lowest BCUT2D eigenvalue weighted by Gasteiger charge is -2.32. The molecule has 1 aromatic rings. The number of ether oxygens (including phenoxy) is 2. The maximum absolute atomic E-state index is 6.32. The second-order valence-corrected chi connectivity index (χ2v) is 8.20. The highest BCUT2D eigenvalue weighted by Gasteiger charge is 2.20. The number of hydrogen-bond acceptors (Lipinski definition) is 4. The summed E-state index contributed by atoms with van der Waals surface area (Å²) in [4.78, 5) is 7.31. The average Bonchev–Trinajstić information content (AvgIpc) is 3.27. The van der Waals surface area contributed by atoms with E-state index in [9.17, 15) is 0 Å². The Labute approximate surface area is 204 Å². The highest BCUT2D eigenvalue weighted by Crippen LogP contribution is 2.30. The van der Waals surface area contributed by atoms with E-state index >= 15 is 0 Å². The van der Waals surface area contributed by atoms with Gasteiger partial charge in [0.15, 0.2) is 5.96 Å². The average molecular weight is 543 g/mol. The molecule has 1 aromatic carbocycles. The largest absolute Gasteiger partial charge is 0.497 e.